The first-order valence-electron chi connectivity index (χ1n) is 6.34. The number of nitro groups is 2. The molecule has 1 aromatic rings. The van der Waals surface area contributed by atoms with Crippen molar-refractivity contribution in [1.82, 2.24) is 0 Å². The average Bonchev–Trinajstić information content (AvgIpc) is 2.41. The van der Waals surface area contributed by atoms with Gasteiger partial charge >= 0.3 is 5.69 Å². The van der Waals surface area contributed by atoms with E-state index in [-0.39, 0.29) is 23.6 Å². The van der Waals surface area contributed by atoms with Gasteiger partial charge in [0, 0.05) is 12.1 Å². The molecule has 1 aliphatic carbocycles. The van der Waals surface area contributed by atoms with Crippen molar-refractivity contribution < 1.29 is 14.6 Å². The van der Waals surface area contributed by atoms with Gasteiger partial charge in [0.15, 0.2) is 5.75 Å². The van der Waals surface area contributed by atoms with Crippen molar-refractivity contribution in [1.29, 1.82) is 0 Å². The lowest BCUT2D eigenvalue weighted by Gasteiger charge is -2.28. The minimum atomic E-state index is -0.684. The van der Waals surface area contributed by atoms with E-state index < -0.39 is 15.5 Å². The van der Waals surface area contributed by atoms with Crippen LogP contribution in [0.25, 0.3) is 0 Å². The van der Waals surface area contributed by atoms with Crippen molar-refractivity contribution in [3.05, 3.63) is 38.4 Å². The van der Waals surface area contributed by atoms with E-state index in [0.717, 1.165) is 31.7 Å². The fourth-order valence-corrected chi connectivity index (χ4v) is 2.30. The molecule has 2 unspecified atom stereocenters. The molecule has 1 fully saturated rings. The van der Waals surface area contributed by atoms with Crippen LogP contribution in [0.3, 0.4) is 0 Å². The summed E-state index contributed by atoms with van der Waals surface area (Å²) in [7, 11) is 0. The van der Waals surface area contributed by atoms with Crippen LogP contribution >= 0.6 is 0 Å². The molecule has 0 aromatic heterocycles. The summed E-state index contributed by atoms with van der Waals surface area (Å²) in [6.45, 7) is 0. The first kappa shape index (κ1) is 14.2. The maximum Gasteiger partial charge on any atom is 0.317 e. The molecule has 1 aliphatic rings. The fourth-order valence-electron chi connectivity index (χ4n) is 2.30. The Kier molecular flexibility index (Phi) is 4.14. The van der Waals surface area contributed by atoms with Gasteiger partial charge in [0.25, 0.3) is 5.69 Å². The predicted molar refractivity (Wildman–Crippen MR) is 70.6 cm³/mol. The third-order valence-electron chi connectivity index (χ3n) is 3.38. The molecule has 8 nitrogen and oxygen atoms in total. The molecule has 0 heterocycles. The molecule has 1 saturated carbocycles. The van der Waals surface area contributed by atoms with Crippen LogP contribution in [0.5, 0.6) is 5.75 Å². The van der Waals surface area contributed by atoms with E-state index in [0.29, 0.717) is 0 Å². The average molecular weight is 281 g/mol. The van der Waals surface area contributed by atoms with Crippen LogP contribution in [0.15, 0.2) is 18.2 Å². The van der Waals surface area contributed by atoms with Gasteiger partial charge in [-0.2, -0.15) is 0 Å². The van der Waals surface area contributed by atoms with E-state index in [9.17, 15) is 20.2 Å². The van der Waals surface area contributed by atoms with Gasteiger partial charge in [0.2, 0.25) is 0 Å². The third kappa shape index (κ3) is 3.02. The normalized spacial score (nSPS) is 22.2. The Hall–Kier alpha value is -2.22. The van der Waals surface area contributed by atoms with Crippen LogP contribution in [0, 0.1) is 20.2 Å². The first-order chi connectivity index (χ1) is 9.49. The van der Waals surface area contributed by atoms with E-state index in [4.69, 9.17) is 10.5 Å². The highest BCUT2D eigenvalue weighted by molar-refractivity contribution is 5.53. The molecule has 108 valence electrons. The van der Waals surface area contributed by atoms with Crippen LogP contribution in [0.1, 0.15) is 25.7 Å². The van der Waals surface area contributed by atoms with Gasteiger partial charge in [-0.25, -0.2) is 0 Å². The minimum absolute atomic E-state index is 0.0305. The highest BCUT2D eigenvalue weighted by Gasteiger charge is 2.27. The van der Waals surface area contributed by atoms with Crippen LogP contribution in [-0.4, -0.2) is 22.0 Å². The molecular weight excluding hydrogens is 266 g/mol. The summed E-state index contributed by atoms with van der Waals surface area (Å²) in [6, 6.07) is 3.19. The van der Waals surface area contributed by atoms with Gasteiger partial charge in [-0.1, -0.05) is 6.42 Å². The number of ether oxygens (including phenoxy) is 1. The van der Waals surface area contributed by atoms with E-state index in [1.54, 1.807) is 0 Å². The third-order valence-corrected chi connectivity index (χ3v) is 3.38. The van der Waals surface area contributed by atoms with Crippen LogP contribution < -0.4 is 10.5 Å². The lowest BCUT2D eigenvalue weighted by Crippen LogP contribution is -2.41. The molecule has 2 N–H and O–H groups in total. The lowest BCUT2D eigenvalue weighted by molar-refractivity contribution is -0.394. The SMILES string of the molecule is NC1CCCCC1Oc1ccc([N+](=O)[O-])cc1[N+](=O)[O-]. The summed E-state index contributed by atoms with van der Waals surface area (Å²) in [5.74, 6) is 0.0305. The van der Waals surface area contributed by atoms with Gasteiger partial charge in [0.1, 0.15) is 6.10 Å². The Morgan fingerprint density at radius 2 is 1.85 bits per heavy atom. The highest BCUT2D eigenvalue weighted by atomic mass is 16.6. The standard InChI is InChI=1S/C12H15N3O5/c13-9-3-1-2-4-11(9)20-12-6-5-8(14(16)17)7-10(12)15(18)19/h5-7,9,11H,1-4,13H2. The topological polar surface area (TPSA) is 122 Å². The number of non-ortho nitro benzene ring substituents is 1. The lowest BCUT2D eigenvalue weighted by atomic mass is 9.93. The predicted octanol–water partition coefficient (Wildman–Crippen LogP) is 2.15. The molecule has 0 bridgehead atoms. The Morgan fingerprint density at radius 3 is 2.45 bits per heavy atom. The quantitative estimate of drug-likeness (QED) is 0.666. The summed E-state index contributed by atoms with van der Waals surface area (Å²) in [4.78, 5) is 20.3. The molecule has 0 radical (unpaired) electrons. The molecule has 0 saturated heterocycles. The van der Waals surface area contributed by atoms with Crippen molar-refractivity contribution in [2.24, 2.45) is 5.73 Å². The summed E-state index contributed by atoms with van der Waals surface area (Å²) in [6.07, 6.45) is 3.23. The van der Waals surface area contributed by atoms with Gasteiger partial charge in [0.05, 0.1) is 15.9 Å². The second-order valence-electron chi connectivity index (χ2n) is 4.77. The number of nitrogens with zero attached hydrogens (tertiary/aromatic N) is 2. The highest BCUT2D eigenvalue weighted by Crippen LogP contribution is 2.33. The van der Waals surface area contributed by atoms with Gasteiger partial charge in [-0.05, 0) is 25.3 Å². The molecule has 2 atom stereocenters. The minimum Gasteiger partial charge on any atom is -0.482 e. The zero-order valence-corrected chi connectivity index (χ0v) is 10.7. The molecular formula is C12H15N3O5. The van der Waals surface area contributed by atoms with E-state index >= 15 is 0 Å². The van der Waals surface area contributed by atoms with Crippen LogP contribution in [0.4, 0.5) is 11.4 Å². The number of benzene rings is 1. The summed E-state index contributed by atoms with van der Waals surface area (Å²) >= 11 is 0. The molecule has 1 aromatic carbocycles. The second kappa shape index (κ2) is 5.83. The smallest absolute Gasteiger partial charge is 0.317 e. The van der Waals surface area contributed by atoms with Gasteiger partial charge in [-0.3, -0.25) is 20.2 Å². The Labute approximate surface area is 114 Å². The molecule has 8 heteroatoms. The van der Waals surface area contributed by atoms with Crippen LogP contribution in [-0.2, 0) is 0 Å². The maximum absolute atomic E-state index is 11.0. The first-order valence-corrected chi connectivity index (χ1v) is 6.34. The molecule has 20 heavy (non-hydrogen) atoms. The van der Waals surface area contributed by atoms with E-state index in [2.05, 4.69) is 0 Å². The second-order valence-corrected chi connectivity index (χ2v) is 4.77. The number of hydrogen-bond donors (Lipinski definition) is 1. The summed E-state index contributed by atoms with van der Waals surface area (Å²) < 4.78 is 5.61. The largest absolute Gasteiger partial charge is 0.482 e. The van der Waals surface area contributed by atoms with Crippen molar-refractivity contribution >= 4 is 11.4 Å². The Bertz CT molecular complexity index is 534. The molecule has 2 rings (SSSR count). The number of nitrogens with two attached hydrogens (primary N) is 1. The number of hydrogen-bond acceptors (Lipinski definition) is 6. The zero-order valence-electron chi connectivity index (χ0n) is 10.7. The number of rotatable bonds is 4. The van der Waals surface area contributed by atoms with Crippen molar-refractivity contribution in [3.8, 4) is 5.75 Å². The Balaban J connectivity index is 2.26. The monoisotopic (exact) mass is 281 g/mol. The van der Waals surface area contributed by atoms with Gasteiger partial charge < -0.3 is 10.5 Å². The van der Waals surface area contributed by atoms with Gasteiger partial charge in [-0.15, -0.1) is 0 Å². The van der Waals surface area contributed by atoms with Crippen molar-refractivity contribution in [2.45, 2.75) is 37.8 Å². The van der Waals surface area contributed by atoms with E-state index in [1.165, 1.54) is 12.1 Å². The van der Waals surface area contributed by atoms with E-state index in [1.807, 2.05) is 0 Å². The Morgan fingerprint density at radius 1 is 1.15 bits per heavy atom. The van der Waals surface area contributed by atoms with Crippen molar-refractivity contribution in [3.63, 3.8) is 0 Å². The number of nitro benzene ring substituents is 2. The summed E-state index contributed by atoms with van der Waals surface area (Å²) in [5.41, 5.74) is 5.19. The molecule has 0 aliphatic heterocycles. The fraction of sp³-hybridized carbons (Fsp3) is 0.500. The zero-order chi connectivity index (χ0) is 14.7. The summed E-state index contributed by atoms with van der Waals surface area (Å²) in [5, 5.41) is 21.6. The van der Waals surface area contributed by atoms with Crippen molar-refractivity contribution in [2.75, 3.05) is 0 Å². The maximum atomic E-state index is 11.0. The molecule has 0 spiro atoms. The molecule has 0 amide bonds. The van der Waals surface area contributed by atoms with Crippen LogP contribution in [0.2, 0.25) is 0 Å².